The highest BCUT2D eigenvalue weighted by atomic mass is 32.1. The standard InChI is InChI=1S/C17H15N3O2S2/c1-10-14(24-17(19-10)12-7-8-23-9-12)16(22)20-13(15(18)21)11-5-3-2-4-6-11/h2-9,13H,1H3,(H2,18,21)(H,20,22)/t13-/m0/s1. The number of hydrogen-bond donors (Lipinski definition) is 2. The number of amides is 2. The summed E-state index contributed by atoms with van der Waals surface area (Å²) in [5.41, 5.74) is 7.72. The number of nitrogens with two attached hydrogens (primary N) is 1. The summed E-state index contributed by atoms with van der Waals surface area (Å²) in [7, 11) is 0. The Morgan fingerprint density at radius 3 is 2.58 bits per heavy atom. The van der Waals surface area contributed by atoms with Gasteiger partial charge in [-0.1, -0.05) is 30.3 Å². The maximum atomic E-state index is 12.6. The molecule has 0 saturated heterocycles. The summed E-state index contributed by atoms with van der Waals surface area (Å²) in [6, 6.07) is 10.0. The lowest BCUT2D eigenvalue weighted by Gasteiger charge is -2.15. The first-order valence-electron chi connectivity index (χ1n) is 7.21. The number of benzene rings is 1. The van der Waals surface area contributed by atoms with Crippen LogP contribution in [0, 0.1) is 6.92 Å². The summed E-state index contributed by atoms with van der Waals surface area (Å²) in [6.07, 6.45) is 0. The average molecular weight is 357 g/mol. The summed E-state index contributed by atoms with van der Waals surface area (Å²) < 4.78 is 0. The number of aryl methyl sites for hydroxylation is 1. The zero-order valence-electron chi connectivity index (χ0n) is 12.9. The van der Waals surface area contributed by atoms with Crippen LogP contribution in [0.3, 0.4) is 0 Å². The molecular weight excluding hydrogens is 342 g/mol. The monoisotopic (exact) mass is 357 g/mol. The number of carbonyl (C=O) groups excluding carboxylic acids is 2. The van der Waals surface area contributed by atoms with Gasteiger partial charge >= 0.3 is 0 Å². The molecule has 0 radical (unpaired) electrons. The molecule has 0 aliphatic heterocycles. The van der Waals surface area contributed by atoms with E-state index in [-0.39, 0.29) is 5.91 Å². The van der Waals surface area contributed by atoms with E-state index in [1.807, 2.05) is 22.9 Å². The molecule has 5 nitrogen and oxygen atoms in total. The van der Waals surface area contributed by atoms with Gasteiger partial charge < -0.3 is 11.1 Å². The number of nitrogens with one attached hydrogen (secondary N) is 1. The minimum absolute atomic E-state index is 0.348. The minimum atomic E-state index is -0.871. The summed E-state index contributed by atoms with van der Waals surface area (Å²) in [5.74, 6) is -0.950. The number of nitrogens with zero attached hydrogens (tertiary/aromatic N) is 1. The van der Waals surface area contributed by atoms with Crippen LogP contribution >= 0.6 is 22.7 Å². The molecule has 2 aromatic heterocycles. The lowest BCUT2D eigenvalue weighted by Crippen LogP contribution is -2.37. The first-order chi connectivity index (χ1) is 11.6. The van der Waals surface area contributed by atoms with Crippen molar-refractivity contribution in [2.24, 2.45) is 5.73 Å². The Hall–Kier alpha value is -2.51. The highest BCUT2D eigenvalue weighted by Gasteiger charge is 2.23. The minimum Gasteiger partial charge on any atom is -0.368 e. The third-order valence-corrected chi connectivity index (χ3v) is 5.35. The SMILES string of the molecule is Cc1nc(-c2ccsc2)sc1C(=O)N[C@H](C(N)=O)c1ccccc1. The van der Waals surface area contributed by atoms with Gasteiger partial charge in [-0.3, -0.25) is 9.59 Å². The maximum Gasteiger partial charge on any atom is 0.264 e. The van der Waals surface area contributed by atoms with Gasteiger partial charge in [-0.2, -0.15) is 11.3 Å². The van der Waals surface area contributed by atoms with Gasteiger partial charge in [-0.15, -0.1) is 11.3 Å². The smallest absolute Gasteiger partial charge is 0.264 e. The number of thiophene rings is 1. The average Bonchev–Trinajstić information content (AvgIpc) is 3.22. The summed E-state index contributed by atoms with van der Waals surface area (Å²) >= 11 is 2.88. The molecule has 122 valence electrons. The van der Waals surface area contributed by atoms with Crippen LogP contribution in [-0.2, 0) is 4.79 Å². The summed E-state index contributed by atoms with van der Waals surface area (Å²) in [6.45, 7) is 1.78. The predicted molar refractivity (Wildman–Crippen MR) is 96.0 cm³/mol. The lowest BCUT2D eigenvalue weighted by atomic mass is 10.1. The van der Waals surface area contributed by atoms with Crippen molar-refractivity contribution in [2.45, 2.75) is 13.0 Å². The van der Waals surface area contributed by atoms with E-state index in [0.717, 1.165) is 10.6 Å². The molecule has 7 heteroatoms. The van der Waals surface area contributed by atoms with E-state index in [4.69, 9.17) is 5.73 Å². The molecule has 0 aliphatic rings. The van der Waals surface area contributed by atoms with Crippen molar-refractivity contribution >= 4 is 34.5 Å². The Morgan fingerprint density at radius 2 is 1.96 bits per heavy atom. The van der Waals surface area contributed by atoms with Crippen LogP contribution in [0.2, 0.25) is 0 Å². The maximum absolute atomic E-state index is 12.6. The van der Waals surface area contributed by atoms with Gasteiger partial charge in [-0.05, 0) is 23.9 Å². The summed E-state index contributed by atoms with van der Waals surface area (Å²) in [4.78, 5) is 29.3. The molecule has 0 bridgehead atoms. The van der Waals surface area contributed by atoms with Crippen LogP contribution in [0.4, 0.5) is 0 Å². The van der Waals surface area contributed by atoms with Crippen molar-refractivity contribution < 1.29 is 9.59 Å². The van der Waals surface area contributed by atoms with Crippen LogP contribution in [0.1, 0.15) is 27.0 Å². The van der Waals surface area contributed by atoms with Crippen molar-refractivity contribution in [2.75, 3.05) is 0 Å². The van der Waals surface area contributed by atoms with E-state index in [1.165, 1.54) is 11.3 Å². The number of primary amides is 1. The molecule has 3 N–H and O–H groups in total. The zero-order chi connectivity index (χ0) is 17.1. The molecule has 0 unspecified atom stereocenters. The Kier molecular flexibility index (Phi) is 4.73. The molecule has 0 aliphatic carbocycles. The van der Waals surface area contributed by atoms with Crippen LogP contribution < -0.4 is 11.1 Å². The molecule has 0 saturated carbocycles. The van der Waals surface area contributed by atoms with E-state index in [2.05, 4.69) is 10.3 Å². The lowest BCUT2D eigenvalue weighted by molar-refractivity contribution is -0.120. The van der Waals surface area contributed by atoms with E-state index in [9.17, 15) is 9.59 Å². The van der Waals surface area contributed by atoms with Crippen LogP contribution in [0.5, 0.6) is 0 Å². The molecule has 0 spiro atoms. The highest BCUT2D eigenvalue weighted by molar-refractivity contribution is 7.17. The van der Waals surface area contributed by atoms with Gasteiger partial charge in [0.1, 0.15) is 15.9 Å². The zero-order valence-corrected chi connectivity index (χ0v) is 14.5. The van der Waals surface area contributed by atoms with Crippen molar-refractivity contribution in [3.63, 3.8) is 0 Å². The molecule has 0 fully saturated rings. The summed E-state index contributed by atoms with van der Waals surface area (Å²) in [5, 5.41) is 7.44. The van der Waals surface area contributed by atoms with Gasteiger partial charge in [0, 0.05) is 10.9 Å². The Bertz CT molecular complexity index is 857. The predicted octanol–water partition coefficient (Wildman–Crippen LogP) is 3.14. The molecular formula is C17H15N3O2S2. The fraction of sp³-hybridized carbons (Fsp3) is 0.118. The Morgan fingerprint density at radius 1 is 1.21 bits per heavy atom. The van der Waals surface area contributed by atoms with Gasteiger partial charge in [-0.25, -0.2) is 4.98 Å². The molecule has 1 aromatic carbocycles. The molecule has 3 rings (SSSR count). The third kappa shape index (κ3) is 3.37. The number of rotatable bonds is 5. The second-order valence-corrected chi connectivity index (χ2v) is 6.94. The van der Waals surface area contributed by atoms with Crippen molar-refractivity contribution in [1.82, 2.24) is 10.3 Å². The van der Waals surface area contributed by atoms with E-state index in [1.54, 1.807) is 42.5 Å². The van der Waals surface area contributed by atoms with E-state index < -0.39 is 11.9 Å². The first-order valence-corrected chi connectivity index (χ1v) is 8.97. The van der Waals surface area contributed by atoms with Crippen molar-refractivity contribution in [3.05, 3.63) is 63.3 Å². The van der Waals surface area contributed by atoms with Gasteiger partial charge in [0.25, 0.3) is 5.91 Å². The second-order valence-electron chi connectivity index (χ2n) is 5.17. The Labute approximate surface area is 147 Å². The van der Waals surface area contributed by atoms with Crippen LogP contribution in [-0.4, -0.2) is 16.8 Å². The number of aromatic nitrogens is 1. The van der Waals surface area contributed by atoms with Crippen molar-refractivity contribution in [1.29, 1.82) is 0 Å². The molecule has 2 heterocycles. The van der Waals surface area contributed by atoms with Crippen LogP contribution in [0.15, 0.2) is 47.2 Å². The van der Waals surface area contributed by atoms with Crippen LogP contribution in [0.25, 0.3) is 10.6 Å². The second kappa shape index (κ2) is 6.94. The molecule has 3 aromatic rings. The molecule has 24 heavy (non-hydrogen) atoms. The fourth-order valence-electron chi connectivity index (χ4n) is 2.28. The molecule has 1 atom stereocenters. The van der Waals surface area contributed by atoms with Crippen molar-refractivity contribution in [3.8, 4) is 10.6 Å². The highest BCUT2D eigenvalue weighted by Crippen LogP contribution is 2.29. The number of hydrogen-bond acceptors (Lipinski definition) is 5. The molecule has 2 amide bonds. The quantitative estimate of drug-likeness (QED) is 0.735. The normalized spacial score (nSPS) is 11.9. The number of thiazole rings is 1. The van der Waals surface area contributed by atoms with Gasteiger partial charge in [0.05, 0.1) is 5.69 Å². The largest absolute Gasteiger partial charge is 0.368 e. The third-order valence-electron chi connectivity index (χ3n) is 3.46. The Balaban J connectivity index is 1.85. The van der Waals surface area contributed by atoms with Gasteiger partial charge in [0.15, 0.2) is 0 Å². The topological polar surface area (TPSA) is 85.1 Å². The number of carbonyl (C=O) groups is 2. The fourth-order valence-corrected chi connectivity index (χ4v) is 3.96. The first kappa shape index (κ1) is 16.4. The van der Waals surface area contributed by atoms with Gasteiger partial charge in [0.2, 0.25) is 5.91 Å². The van der Waals surface area contributed by atoms with E-state index in [0.29, 0.717) is 16.1 Å². The van der Waals surface area contributed by atoms with E-state index >= 15 is 0 Å².